The lowest BCUT2D eigenvalue weighted by Gasteiger charge is -2.31. The van der Waals surface area contributed by atoms with Crippen LogP contribution in [0, 0.1) is 0 Å². The van der Waals surface area contributed by atoms with Crippen molar-refractivity contribution >= 4 is 52.1 Å². The highest BCUT2D eigenvalue weighted by atomic mass is 35.5. The zero-order valence-electron chi connectivity index (χ0n) is 9.36. The van der Waals surface area contributed by atoms with Gasteiger partial charge >= 0.3 is 5.97 Å². The van der Waals surface area contributed by atoms with Crippen LogP contribution in [0.15, 0.2) is 0 Å². The molecule has 1 heterocycles. The van der Waals surface area contributed by atoms with Crippen LogP contribution in [0.5, 0.6) is 0 Å². The van der Waals surface area contributed by atoms with Crippen molar-refractivity contribution < 1.29 is 14.3 Å². The topological polar surface area (TPSA) is 59.5 Å². The monoisotopic (exact) mass is 296 g/mol. The molecule has 0 aliphatic heterocycles. The SMILES string of the molecule is COC(=O)C(C)(C)N(C=O)c1snc(Cl)c1Cl. The summed E-state index contributed by atoms with van der Waals surface area (Å²) in [6.45, 7) is 3.08. The Morgan fingerprint density at radius 2 is 2.12 bits per heavy atom. The molecule has 1 rings (SSSR count). The van der Waals surface area contributed by atoms with Gasteiger partial charge in [-0.1, -0.05) is 23.2 Å². The maximum Gasteiger partial charge on any atom is 0.331 e. The van der Waals surface area contributed by atoms with E-state index < -0.39 is 11.5 Å². The van der Waals surface area contributed by atoms with Crippen LogP contribution >= 0.6 is 34.7 Å². The van der Waals surface area contributed by atoms with Crippen LogP contribution in [-0.4, -0.2) is 29.4 Å². The molecule has 1 aromatic heterocycles. The van der Waals surface area contributed by atoms with E-state index >= 15 is 0 Å². The van der Waals surface area contributed by atoms with Gasteiger partial charge in [-0.05, 0) is 25.4 Å². The summed E-state index contributed by atoms with van der Waals surface area (Å²) in [5.41, 5.74) is -1.18. The molecule has 0 saturated heterocycles. The van der Waals surface area contributed by atoms with Crippen molar-refractivity contribution in [3.05, 3.63) is 10.2 Å². The van der Waals surface area contributed by atoms with Crippen molar-refractivity contribution in [2.75, 3.05) is 12.0 Å². The van der Waals surface area contributed by atoms with Crippen LogP contribution < -0.4 is 4.90 Å². The molecule has 94 valence electrons. The third kappa shape index (κ3) is 2.53. The van der Waals surface area contributed by atoms with Gasteiger partial charge in [-0.3, -0.25) is 9.69 Å². The summed E-state index contributed by atoms with van der Waals surface area (Å²) in [6, 6.07) is 0. The van der Waals surface area contributed by atoms with Crippen LogP contribution in [0.3, 0.4) is 0 Å². The molecule has 0 aliphatic rings. The minimum Gasteiger partial charge on any atom is -0.467 e. The van der Waals surface area contributed by atoms with Gasteiger partial charge in [-0.25, -0.2) is 4.79 Å². The Morgan fingerprint density at radius 1 is 1.53 bits per heavy atom. The maximum absolute atomic E-state index is 11.6. The zero-order valence-corrected chi connectivity index (χ0v) is 11.7. The Morgan fingerprint density at radius 3 is 2.47 bits per heavy atom. The first-order valence-corrected chi connectivity index (χ1v) is 6.03. The zero-order chi connectivity index (χ0) is 13.2. The Kier molecular flexibility index (Phi) is 4.35. The number of nitrogens with zero attached hydrogens (tertiary/aromatic N) is 2. The van der Waals surface area contributed by atoms with Crippen molar-refractivity contribution in [2.45, 2.75) is 19.4 Å². The summed E-state index contributed by atoms with van der Waals surface area (Å²) in [6.07, 6.45) is 0.493. The lowest BCUT2D eigenvalue weighted by Crippen LogP contribution is -2.50. The molecule has 0 saturated carbocycles. The number of aromatic nitrogens is 1. The number of amides is 1. The number of anilines is 1. The summed E-state index contributed by atoms with van der Waals surface area (Å²) in [5, 5.41) is 0.544. The van der Waals surface area contributed by atoms with E-state index in [-0.39, 0.29) is 10.2 Å². The predicted octanol–water partition coefficient (Wildman–Crippen LogP) is 2.36. The molecule has 0 fully saturated rings. The Labute approximate surface area is 112 Å². The van der Waals surface area contributed by atoms with Gasteiger partial charge in [0.2, 0.25) is 6.41 Å². The maximum atomic E-state index is 11.6. The molecule has 0 unspecified atom stereocenters. The van der Waals surface area contributed by atoms with Gasteiger partial charge < -0.3 is 4.74 Å². The second-order valence-electron chi connectivity index (χ2n) is 3.62. The van der Waals surface area contributed by atoms with Gasteiger partial charge in [0.1, 0.15) is 15.6 Å². The molecule has 0 atom stereocenters. The highest BCUT2D eigenvalue weighted by Gasteiger charge is 2.38. The average molecular weight is 297 g/mol. The van der Waals surface area contributed by atoms with Crippen molar-refractivity contribution in [2.24, 2.45) is 0 Å². The number of rotatable bonds is 4. The molecule has 0 N–H and O–H groups in total. The molecule has 17 heavy (non-hydrogen) atoms. The van der Waals surface area contributed by atoms with Crippen LogP contribution in [-0.2, 0) is 14.3 Å². The van der Waals surface area contributed by atoms with Gasteiger partial charge in [-0.2, -0.15) is 4.37 Å². The number of carbonyl (C=O) groups excluding carboxylic acids is 2. The largest absolute Gasteiger partial charge is 0.467 e. The van der Waals surface area contributed by atoms with Crippen molar-refractivity contribution in [1.29, 1.82) is 0 Å². The Balaban J connectivity index is 3.20. The number of methoxy groups -OCH3 is 1. The number of hydrogen-bond donors (Lipinski definition) is 0. The van der Waals surface area contributed by atoms with E-state index in [4.69, 9.17) is 23.2 Å². The fourth-order valence-electron chi connectivity index (χ4n) is 1.18. The van der Waals surface area contributed by atoms with Crippen molar-refractivity contribution in [3.8, 4) is 0 Å². The summed E-state index contributed by atoms with van der Waals surface area (Å²) in [5.74, 6) is -0.565. The van der Waals surface area contributed by atoms with Gasteiger partial charge in [0.25, 0.3) is 0 Å². The Bertz CT molecular complexity index is 447. The lowest BCUT2D eigenvalue weighted by molar-refractivity contribution is -0.146. The van der Waals surface area contributed by atoms with Crippen molar-refractivity contribution in [1.82, 2.24) is 4.37 Å². The molecule has 8 heteroatoms. The quantitative estimate of drug-likeness (QED) is 0.632. The van der Waals surface area contributed by atoms with Gasteiger partial charge in [0.05, 0.1) is 7.11 Å². The lowest BCUT2D eigenvalue weighted by atomic mass is 10.0. The Hall–Kier alpha value is -0.850. The first-order chi connectivity index (χ1) is 7.86. The molecule has 1 amide bonds. The molecule has 5 nitrogen and oxygen atoms in total. The highest BCUT2D eigenvalue weighted by molar-refractivity contribution is 7.11. The van der Waals surface area contributed by atoms with Crippen molar-refractivity contribution in [3.63, 3.8) is 0 Å². The van der Waals surface area contributed by atoms with Crippen LogP contribution in [0.25, 0.3) is 0 Å². The van der Waals surface area contributed by atoms with Gasteiger partial charge in [0, 0.05) is 0 Å². The van der Waals surface area contributed by atoms with E-state index in [2.05, 4.69) is 9.11 Å². The van der Waals surface area contributed by atoms with E-state index in [1.165, 1.54) is 21.0 Å². The molecule has 0 aliphatic carbocycles. The number of hydrogen-bond acceptors (Lipinski definition) is 5. The number of esters is 1. The standard InChI is InChI=1S/C9H10Cl2N2O3S/c1-9(2,8(15)16-3)13(4-14)7-5(10)6(11)12-17-7/h4H,1-3H3. The fourth-order valence-corrected chi connectivity index (χ4v) is 2.51. The summed E-state index contributed by atoms with van der Waals surface area (Å²) >= 11 is 12.5. The first-order valence-electron chi connectivity index (χ1n) is 4.50. The molecular weight excluding hydrogens is 287 g/mol. The van der Waals surface area contributed by atoms with Crippen LogP contribution in [0.1, 0.15) is 13.8 Å². The van der Waals surface area contributed by atoms with Crippen LogP contribution in [0.4, 0.5) is 5.00 Å². The number of ether oxygens (including phenoxy) is 1. The summed E-state index contributed by atoms with van der Waals surface area (Å²) in [7, 11) is 1.24. The molecule has 0 spiro atoms. The molecule has 0 bridgehead atoms. The highest BCUT2D eigenvalue weighted by Crippen LogP contribution is 2.38. The average Bonchev–Trinajstić information content (AvgIpc) is 2.60. The van der Waals surface area contributed by atoms with Crippen LogP contribution in [0.2, 0.25) is 10.2 Å². The van der Waals surface area contributed by atoms with E-state index in [1.54, 1.807) is 0 Å². The normalized spacial score (nSPS) is 11.1. The summed E-state index contributed by atoms with van der Waals surface area (Å²) < 4.78 is 8.44. The molecule has 1 aromatic rings. The van der Waals surface area contributed by atoms with E-state index in [9.17, 15) is 9.59 Å². The second kappa shape index (κ2) is 5.20. The predicted molar refractivity (Wildman–Crippen MR) is 66.8 cm³/mol. The van der Waals surface area contributed by atoms with E-state index in [1.807, 2.05) is 0 Å². The third-order valence-corrected chi connectivity index (χ3v) is 3.98. The molecule has 0 radical (unpaired) electrons. The number of carbonyl (C=O) groups is 2. The minimum atomic E-state index is -1.18. The number of halogens is 2. The van der Waals surface area contributed by atoms with E-state index in [0.717, 1.165) is 16.4 Å². The second-order valence-corrected chi connectivity index (χ2v) is 5.11. The smallest absolute Gasteiger partial charge is 0.331 e. The third-order valence-electron chi connectivity index (χ3n) is 2.19. The van der Waals surface area contributed by atoms with Gasteiger partial charge in [0.15, 0.2) is 5.15 Å². The van der Waals surface area contributed by atoms with E-state index in [0.29, 0.717) is 11.4 Å². The molecular formula is C9H10Cl2N2O3S. The minimum absolute atomic E-state index is 0.0965. The molecule has 0 aromatic carbocycles. The van der Waals surface area contributed by atoms with Gasteiger partial charge in [-0.15, -0.1) is 0 Å². The fraction of sp³-hybridized carbons (Fsp3) is 0.444. The summed E-state index contributed by atoms with van der Waals surface area (Å²) in [4.78, 5) is 23.9. The first kappa shape index (κ1) is 14.2.